The summed E-state index contributed by atoms with van der Waals surface area (Å²) >= 11 is 2.82. The summed E-state index contributed by atoms with van der Waals surface area (Å²) < 4.78 is 63.3. The van der Waals surface area contributed by atoms with Crippen LogP contribution < -0.4 is 5.49 Å². The lowest BCUT2D eigenvalue weighted by atomic mass is 10.3. The second-order valence-corrected chi connectivity index (χ2v) is 9.50. The van der Waals surface area contributed by atoms with Crippen LogP contribution in [0.15, 0.2) is 49.8 Å². The minimum Gasteiger partial charge on any atom is -0.335 e. The number of carbonyl (C=O) groups excluding carboxylic acids is 1. The molecule has 12 heteroatoms. The van der Waals surface area contributed by atoms with E-state index in [1.807, 2.05) is 0 Å². The van der Waals surface area contributed by atoms with Gasteiger partial charge in [0.25, 0.3) is 5.91 Å². The van der Waals surface area contributed by atoms with Gasteiger partial charge in [-0.2, -0.15) is 18.2 Å². The Morgan fingerprint density at radius 2 is 2.04 bits per heavy atom. The average molecular weight is 484 g/mol. The number of alkyl halides is 3. The summed E-state index contributed by atoms with van der Waals surface area (Å²) in [4.78, 5) is 19.8. The number of carbonyl (C=O) groups is 1. The molecular formula is C15H13BrF3N3O3S2. The Morgan fingerprint density at radius 1 is 1.37 bits per heavy atom. The lowest BCUT2D eigenvalue weighted by Gasteiger charge is -2.08. The monoisotopic (exact) mass is 483 g/mol. The van der Waals surface area contributed by atoms with E-state index in [0.717, 1.165) is 0 Å². The first-order chi connectivity index (χ1) is 12.4. The van der Waals surface area contributed by atoms with E-state index in [1.165, 1.54) is 49.1 Å². The molecule has 0 N–H and O–H groups in total. The summed E-state index contributed by atoms with van der Waals surface area (Å²) in [7, 11) is -2.31. The summed E-state index contributed by atoms with van der Waals surface area (Å²) in [6.45, 7) is 1.43. The minimum absolute atomic E-state index is 0.0519. The van der Waals surface area contributed by atoms with Crippen LogP contribution in [0.1, 0.15) is 17.4 Å². The number of hydrogen-bond acceptors (Lipinski definition) is 5. The molecule has 0 radical (unpaired) electrons. The standard InChI is InChI=1S/C15H13BrF3N3O3S2/c1-3-27(24,25)11-6-9(16)7-20-13(11)14(23)21-12-5-4-10(8-22(12)2)26-15(17,18)19/h4-8H,3H2,1-2H3. The quantitative estimate of drug-likeness (QED) is 0.623. The van der Waals surface area contributed by atoms with Gasteiger partial charge in [-0.05, 0) is 45.9 Å². The maximum absolute atomic E-state index is 12.5. The van der Waals surface area contributed by atoms with Gasteiger partial charge >= 0.3 is 5.51 Å². The fraction of sp³-hybridized carbons (Fsp3) is 0.267. The second kappa shape index (κ2) is 8.15. The van der Waals surface area contributed by atoms with Crippen LogP contribution in [-0.2, 0) is 16.9 Å². The molecule has 27 heavy (non-hydrogen) atoms. The van der Waals surface area contributed by atoms with Gasteiger partial charge in [-0.3, -0.25) is 4.79 Å². The van der Waals surface area contributed by atoms with Crippen LogP contribution in [0.3, 0.4) is 0 Å². The van der Waals surface area contributed by atoms with E-state index in [9.17, 15) is 26.4 Å². The number of rotatable bonds is 4. The number of aromatic nitrogens is 2. The normalized spacial score (nSPS) is 13.0. The van der Waals surface area contributed by atoms with Gasteiger partial charge in [0.05, 0.1) is 10.6 Å². The van der Waals surface area contributed by atoms with Gasteiger partial charge in [-0.15, -0.1) is 0 Å². The Labute approximate surface area is 165 Å². The van der Waals surface area contributed by atoms with Gasteiger partial charge in [0.15, 0.2) is 9.84 Å². The molecule has 146 valence electrons. The van der Waals surface area contributed by atoms with Crippen LogP contribution in [0.4, 0.5) is 13.2 Å². The summed E-state index contributed by atoms with van der Waals surface area (Å²) in [5, 5.41) is 0. The van der Waals surface area contributed by atoms with Crippen molar-refractivity contribution >= 4 is 43.4 Å². The molecule has 2 aromatic rings. The highest BCUT2D eigenvalue weighted by Gasteiger charge is 2.29. The fourth-order valence-corrected chi connectivity index (χ4v) is 4.16. The maximum Gasteiger partial charge on any atom is 0.446 e. The number of amides is 1. The lowest BCUT2D eigenvalue weighted by molar-refractivity contribution is -0.0328. The third-order valence-corrected chi connectivity index (χ3v) is 6.15. The second-order valence-electron chi connectivity index (χ2n) is 5.20. The molecule has 0 aliphatic rings. The molecule has 0 fully saturated rings. The fourth-order valence-electron chi connectivity index (χ4n) is 2.02. The highest BCUT2D eigenvalue weighted by Crippen LogP contribution is 2.36. The number of halogens is 4. The van der Waals surface area contributed by atoms with Gasteiger partial charge in [0.2, 0.25) is 0 Å². The molecular weight excluding hydrogens is 471 g/mol. The van der Waals surface area contributed by atoms with E-state index in [0.29, 0.717) is 4.47 Å². The van der Waals surface area contributed by atoms with Crippen molar-refractivity contribution < 1.29 is 26.4 Å². The van der Waals surface area contributed by atoms with Crippen LogP contribution in [-0.4, -0.2) is 35.1 Å². The van der Waals surface area contributed by atoms with Crippen molar-refractivity contribution in [3.63, 3.8) is 0 Å². The van der Waals surface area contributed by atoms with Crippen molar-refractivity contribution in [2.24, 2.45) is 12.0 Å². The number of hydrogen-bond donors (Lipinski definition) is 0. The number of thioether (sulfide) groups is 1. The van der Waals surface area contributed by atoms with Crippen LogP contribution in [0.5, 0.6) is 0 Å². The number of pyridine rings is 2. The number of nitrogens with zero attached hydrogens (tertiary/aromatic N) is 3. The molecule has 2 heterocycles. The minimum atomic E-state index is -4.44. The van der Waals surface area contributed by atoms with Gasteiger partial charge in [0, 0.05) is 28.8 Å². The Morgan fingerprint density at radius 3 is 2.59 bits per heavy atom. The van der Waals surface area contributed by atoms with Crippen molar-refractivity contribution in [1.82, 2.24) is 9.55 Å². The largest absolute Gasteiger partial charge is 0.446 e. The molecule has 0 saturated heterocycles. The van der Waals surface area contributed by atoms with Gasteiger partial charge in [0.1, 0.15) is 11.2 Å². The Kier molecular flexibility index (Phi) is 6.53. The van der Waals surface area contributed by atoms with Crippen molar-refractivity contribution in [3.8, 4) is 0 Å². The van der Waals surface area contributed by atoms with E-state index in [-0.39, 0.29) is 38.5 Å². The molecule has 2 aromatic heterocycles. The van der Waals surface area contributed by atoms with Crippen molar-refractivity contribution in [2.75, 3.05) is 5.75 Å². The van der Waals surface area contributed by atoms with E-state index >= 15 is 0 Å². The lowest BCUT2D eigenvalue weighted by Crippen LogP contribution is -2.21. The first-order valence-corrected chi connectivity index (χ1v) is 10.6. The highest BCUT2D eigenvalue weighted by molar-refractivity contribution is 9.10. The topological polar surface area (TPSA) is 81.4 Å². The molecule has 1 amide bonds. The molecule has 0 aliphatic carbocycles. The zero-order valence-corrected chi connectivity index (χ0v) is 17.2. The summed E-state index contributed by atoms with van der Waals surface area (Å²) in [6, 6.07) is 3.67. The van der Waals surface area contributed by atoms with E-state index in [2.05, 4.69) is 25.9 Å². The Bertz CT molecular complexity index is 1050. The van der Waals surface area contributed by atoms with Gasteiger partial charge in [-0.1, -0.05) is 6.92 Å². The average Bonchev–Trinajstić information content (AvgIpc) is 2.55. The Hall–Kier alpha value is -1.66. The number of sulfone groups is 1. The first-order valence-electron chi connectivity index (χ1n) is 7.32. The van der Waals surface area contributed by atoms with Crippen LogP contribution in [0.2, 0.25) is 0 Å². The van der Waals surface area contributed by atoms with E-state index in [4.69, 9.17) is 0 Å². The first kappa shape index (κ1) is 21.6. The predicted octanol–water partition coefficient (Wildman–Crippen LogP) is 3.33. The van der Waals surface area contributed by atoms with Crippen molar-refractivity contribution in [3.05, 3.63) is 46.2 Å². The molecule has 0 atom stereocenters. The third kappa shape index (κ3) is 5.66. The van der Waals surface area contributed by atoms with Crippen molar-refractivity contribution in [2.45, 2.75) is 22.2 Å². The number of aryl methyl sites for hydroxylation is 1. The molecule has 0 unspecified atom stereocenters. The van der Waals surface area contributed by atoms with Crippen LogP contribution >= 0.6 is 27.7 Å². The molecule has 0 saturated carbocycles. The van der Waals surface area contributed by atoms with Gasteiger partial charge in [-0.25, -0.2) is 13.4 Å². The molecule has 0 bridgehead atoms. The van der Waals surface area contributed by atoms with E-state index < -0.39 is 21.3 Å². The zero-order valence-electron chi connectivity index (χ0n) is 14.0. The summed E-state index contributed by atoms with van der Waals surface area (Å²) in [5.41, 5.74) is -4.74. The Balaban J connectivity index is 2.49. The molecule has 0 spiro atoms. The molecule has 0 aliphatic heterocycles. The van der Waals surface area contributed by atoms with Crippen molar-refractivity contribution in [1.29, 1.82) is 0 Å². The third-order valence-electron chi connectivity index (χ3n) is 3.27. The summed E-state index contributed by atoms with van der Waals surface area (Å²) in [5.74, 6) is -1.15. The SMILES string of the molecule is CCS(=O)(=O)c1cc(Br)cnc1C(=O)N=c1ccc(SC(F)(F)F)cn1C. The van der Waals surface area contributed by atoms with Gasteiger partial charge < -0.3 is 4.57 Å². The summed E-state index contributed by atoms with van der Waals surface area (Å²) in [6.07, 6.45) is 2.43. The van der Waals surface area contributed by atoms with Crippen LogP contribution in [0.25, 0.3) is 0 Å². The predicted molar refractivity (Wildman–Crippen MR) is 96.9 cm³/mol. The molecule has 0 aromatic carbocycles. The van der Waals surface area contributed by atoms with E-state index in [1.54, 1.807) is 0 Å². The smallest absolute Gasteiger partial charge is 0.335 e. The zero-order chi connectivity index (χ0) is 20.4. The molecule has 2 rings (SSSR count). The maximum atomic E-state index is 12.5. The van der Waals surface area contributed by atoms with Crippen LogP contribution in [0, 0.1) is 0 Å². The molecule has 6 nitrogen and oxygen atoms in total. The highest BCUT2D eigenvalue weighted by atomic mass is 79.9.